The molecule has 1 rings (SSSR count). The van der Waals surface area contributed by atoms with Crippen molar-refractivity contribution in [3.63, 3.8) is 0 Å². The van der Waals surface area contributed by atoms with Gasteiger partial charge in [-0.1, -0.05) is 36.7 Å². The lowest BCUT2D eigenvalue weighted by Crippen LogP contribution is -1.86. The quantitative estimate of drug-likeness (QED) is 0.589. The van der Waals surface area contributed by atoms with E-state index >= 15 is 0 Å². The zero-order valence-corrected chi connectivity index (χ0v) is 7.31. The number of rotatable bonds is 2. The summed E-state index contributed by atoms with van der Waals surface area (Å²) in [5.74, 6) is 0.410. The third-order valence-electron chi connectivity index (χ3n) is 1.75. The molecule has 0 amide bonds. The Balaban J connectivity index is 2.89. The molecule has 58 valence electrons. The van der Waals surface area contributed by atoms with E-state index in [0.717, 1.165) is 5.02 Å². The lowest BCUT2D eigenvalue weighted by atomic mass is 10.0. The summed E-state index contributed by atoms with van der Waals surface area (Å²) in [7, 11) is 0. The Morgan fingerprint density at radius 1 is 1.36 bits per heavy atom. The molecule has 0 unspecified atom stereocenters. The Hall–Kier alpha value is -0.750. The van der Waals surface area contributed by atoms with E-state index < -0.39 is 0 Å². The maximum Gasteiger partial charge on any atom is 0.0406 e. The summed E-state index contributed by atoms with van der Waals surface area (Å²) < 4.78 is 0. The fourth-order valence-electron chi connectivity index (χ4n) is 0.902. The summed E-state index contributed by atoms with van der Waals surface area (Å²) >= 11 is 5.73. The van der Waals surface area contributed by atoms with Crippen molar-refractivity contribution in [1.82, 2.24) is 0 Å². The molecular weight excluding hydrogens is 156 g/mol. The first-order chi connectivity index (χ1) is 5.24. The molecule has 0 aliphatic rings. The standard InChI is InChI=1S/C10H11Cl/c1-3-8(2)9-4-6-10(11)7-5-9/h3-8H,1H2,2H3/t8-/m1/s1. The van der Waals surface area contributed by atoms with Gasteiger partial charge in [-0.2, -0.15) is 0 Å². The van der Waals surface area contributed by atoms with Gasteiger partial charge in [-0.3, -0.25) is 0 Å². The van der Waals surface area contributed by atoms with E-state index in [1.54, 1.807) is 0 Å². The van der Waals surface area contributed by atoms with Gasteiger partial charge >= 0.3 is 0 Å². The first-order valence-corrected chi connectivity index (χ1v) is 4.00. The zero-order valence-electron chi connectivity index (χ0n) is 6.55. The monoisotopic (exact) mass is 166 g/mol. The highest BCUT2D eigenvalue weighted by atomic mass is 35.5. The molecule has 1 aromatic carbocycles. The largest absolute Gasteiger partial charge is 0.102 e. The number of hydrogen-bond acceptors (Lipinski definition) is 0. The van der Waals surface area contributed by atoms with Crippen LogP contribution in [0.25, 0.3) is 0 Å². The summed E-state index contributed by atoms with van der Waals surface area (Å²) in [5, 5.41) is 0.782. The van der Waals surface area contributed by atoms with Crippen LogP contribution < -0.4 is 0 Å². The molecule has 1 atom stereocenters. The van der Waals surface area contributed by atoms with Crippen LogP contribution >= 0.6 is 11.6 Å². The van der Waals surface area contributed by atoms with Crippen molar-refractivity contribution in [3.05, 3.63) is 47.5 Å². The molecule has 0 saturated heterocycles. The molecule has 0 N–H and O–H groups in total. The molecule has 0 aromatic heterocycles. The molecule has 0 fully saturated rings. The Labute approximate surface area is 72.5 Å². The molecule has 0 bridgehead atoms. The average Bonchev–Trinajstić information content (AvgIpc) is 2.05. The van der Waals surface area contributed by atoms with Crippen LogP contribution in [-0.2, 0) is 0 Å². The Morgan fingerprint density at radius 3 is 2.36 bits per heavy atom. The van der Waals surface area contributed by atoms with E-state index in [2.05, 4.69) is 13.5 Å². The van der Waals surface area contributed by atoms with Gasteiger partial charge in [-0.25, -0.2) is 0 Å². The van der Waals surface area contributed by atoms with Crippen LogP contribution in [0.15, 0.2) is 36.9 Å². The van der Waals surface area contributed by atoms with Crippen molar-refractivity contribution in [1.29, 1.82) is 0 Å². The number of benzene rings is 1. The summed E-state index contributed by atoms with van der Waals surface area (Å²) in [4.78, 5) is 0. The van der Waals surface area contributed by atoms with Gasteiger partial charge < -0.3 is 0 Å². The van der Waals surface area contributed by atoms with Gasteiger partial charge in [0.2, 0.25) is 0 Å². The lowest BCUT2D eigenvalue weighted by Gasteiger charge is -2.04. The summed E-state index contributed by atoms with van der Waals surface area (Å²) in [6.45, 7) is 5.83. The lowest BCUT2D eigenvalue weighted by molar-refractivity contribution is 0.971. The highest BCUT2D eigenvalue weighted by Gasteiger charge is 1.98. The molecule has 1 heteroatoms. The molecule has 0 heterocycles. The maximum atomic E-state index is 5.73. The first kappa shape index (κ1) is 8.35. The van der Waals surface area contributed by atoms with E-state index in [4.69, 9.17) is 11.6 Å². The highest BCUT2D eigenvalue weighted by Crippen LogP contribution is 2.18. The number of hydrogen-bond donors (Lipinski definition) is 0. The van der Waals surface area contributed by atoms with Gasteiger partial charge in [-0.15, -0.1) is 6.58 Å². The van der Waals surface area contributed by atoms with Crippen LogP contribution in [-0.4, -0.2) is 0 Å². The van der Waals surface area contributed by atoms with Gasteiger partial charge in [0.1, 0.15) is 0 Å². The van der Waals surface area contributed by atoms with Crippen molar-refractivity contribution in [2.45, 2.75) is 12.8 Å². The second kappa shape index (κ2) is 3.59. The second-order valence-electron chi connectivity index (χ2n) is 2.58. The van der Waals surface area contributed by atoms with Crippen LogP contribution in [0, 0.1) is 0 Å². The SMILES string of the molecule is C=C[C@@H](C)c1ccc(Cl)cc1. The molecule has 1 aromatic rings. The zero-order chi connectivity index (χ0) is 8.27. The van der Waals surface area contributed by atoms with Gasteiger partial charge in [-0.05, 0) is 23.6 Å². The van der Waals surface area contributed by atoms with Crippen molar-refractivity contribution in [3.8, 4) is 0 Å². The minimum absolute atomic E-state index is 0.410. The molecule has 0 aliphatic heterocycles. The Kier molecular flexibility index (Phi) is 2.72. The molecule has 0 aliphatic carbocycles. The first-order valence-electron chi connectivity index (χ1n) is 3.62. The van der Waals surface area contributed by atoms with Crippen molar-refractivity contribution < 1.29 is 0 Å². The van der Waals surface area contributed by atoms with Gasteiger partial charge in [0.05, 0.1) is 0 Å². The van der Waals surface area contributed by atoms with Gasteiger partial charge in [0.25, 0.3) is 0 Å². The highest BCUT2D eigenvalue weighted by molar-refractivity contribution is 6.30. The minimum atomic E-state index is 0.410. The molecule has 11 heavy (non-hydrogen) atoms. The van der Waals surface area contributed by atoms with E-state index in [-0.39, 0.29) is 0 Å². The molecule has 0 saturated carbocycles. The van der Waals surface area contributed by atoms with Crippen LogP contribution in [0.1, 0.15) is 18.4 Å². The topological polar surface area (TPSA) is 0 Å². The van der Waals surface area contributed by atoms with Crippen LogP contribution in [0.5, 0.6) is 0 Å². The fraction of sp³-hybridized carbons (Fsp3) is 0.200. The van der Waals surface area contributed by atoms with Gasteiger partial charge in [0.15, 0.2) is 0 Å². The van der Waals surface area contributed by atoms with E-state index in [0.29, 0.717) is 5.92 Å². The van der Waals surface area contributed by atoms with Crippen molar-refractivity contribution in [2.24, 2.45) is 0 Å². The predicted molar refractivity (Wildman–Crippen MR) is 50.1 cm³/mol. The van der Waals surface area contributed by atoms with Gasteiger partial charge in [0, 0.05) is 5.02 Å². The Morgan fingerprint density at radius 2 is 1.91 bits per heavy atom. The normalized spacial score (nSPS) is 12.5. The molecular formula is C10H11Cl. The second-order valence-corrected chi connectivity index (χ2v) is 3.01. The van der Waals surface area contributed by atoms with E-state index in [1.165, 1.54) is 5.56 Å². The Bertz CT molecular complexity index is 236. The summed E-state index contributed by atoms with van der Waals surface area (Å²) in [6, 6.07) is 7.84. The fourth-order valence-corrected chi connectivity index (χ4v) is 1.03. The summed E-state index contributed by atoms with van der Waals surface area (Å²) in [5.41, 5.74) is 1.25. The number of halogens is 1. The third-order valence-corrected chi connectivity index (χ3v) is 2.00. The van der Waals surface area contributed by atoms with Crippen LogP contribution in [0.4, 0.5) is 0 Å². The number of allylic oxidation sites excluding steroid dienone is 1. The molecule has 0 nitrogen and oxygen atoms in total. The molecule has 0 spiro atoms. The van der Waals surface area contributed by atoms with Crippen LogP contribution in [0.3, 0.4) is 0 Å². The summed E-state index contributed by atoms with van der Waals surface area (Å²) in [6.07, 6.45) is 1.92. The third kappa shape index (κ3) is 2.09. The average molecular weight is 167 g/mol. The van der Waals surface area contributed by atoms with Crippen molar-refractivity contribution in [2.75, 3.05) is 0 Å². The maximum absolute atomic E-state index is 5.73. The smallest absolute Gasteiger partial charge is 0.0406 e. The van der Waals surface area contributed by atoms with Crippen molar-refractivity contribution >= 4 is 11.6 Å². The predicted octanol–water partition coefficient (Wildman–Crippen LogP) is 3.63. The van der Waals surface area contributed by atoms with E-state index in [1.807, 2.05) is 30.3 Å². The molecule has 0 radical (unpaired) electrons. The van der Waals surface area contributed by atoms with Crippen LogP contribution in [0.2, 0.25) is 5.02 Å². The minimum Gasteiger partial charge on any atom is -0.102 e. The van der Waals surface area contributed by atoms with E-state index in [9.17, 15) is 0 Å².